The molecule has 3 N–H and O–H groups in total. The number of carbonyl (C=O) groups excluding carboxylic acids is 1. The summed E-state index contributed by atoms with van der Waals surface area (Å²) in [6.45, 7) is 1.15. The van der Waals surface area contributed by atoms with Crippen LogP contribution in [-0.2, 0) is 17.6 Å². The van der Waals surface area contributed by atoms with E-state index in [4.69, 9.17) is 4.52 Å². The number of aromatic amines is 1. The van der Waals surface area contributed by atoms with E-state index in [0.717, 1.165) is 29.9 Å². The summed E-state index contributed by atoms with van der Waals surface area (Å²) in [6.07, 6.45) is 6.28. The molecule has 0 aliphatic carbocycles. The molecule has 4 heterocycles. The van der Waals surface area contributed by atoms with Crippen LogP contribution in [0.2, 0.25) is 0 Å². The number of fused-ring (bicyclic) bond motifs is 1. The van der Waals surface area contributed by atoms with Crippen molar-refractivity contribution in [2.45, 2.75) is 18.9 Å². The molecule has 4 rings (SSSR count). The molecule has 0 saturated heterocycles. The molecule has 0 saturated carbocycles. The summed E-state index contributed by atoms with van der Waals surface area (Å²) in [6, 6.07) is 3.25. The molecule has 1 aliphatic rings. The quantitative estimate of drug-likeness (QED) is 0.577. The molecular weight excluding hydrogens is 393 g/mol. The Hall–Kier alpha value is -2.49. The second-order valence-electron chi connectivity index (χ2n) is 5.70. The van der Waals surface area contributed by atoms with Gasteiger partial charge in [-0.2, -0.15) is 4.98 Å². The number of rotatable bonds is 5. The third-order valence-electron chi connectivity index (χ3n) is 4.04. The first-order valence-electron chi connectivity index (χ1n) is 8.07. The van der Waals surface area contributed by atoms with E-state index >= 15 is 0 Å². The minimum Gasteiger partial charge on any atom is -0.354 e. The van der Waals surface area contributed by atoms with Crippen LogP contribution >= 0.6 is 24.8 Å². The number of hydrogen-bond donors (Lipinski definition) is 3. The molecule has 9 nitrogen and oxygen atoms in total. The first-order chi connectivity index (χ1) is 12.3. The number of imidazole rings is 1. The van der Waals surface area contributed by atoms with Crippen LogP contribution in [0.3, 0.4) is 0 Å². The molecule has 27 heavy (non-hydrogen) atoms. The first-order valence-corrected chi connectivity index (χ1v) is 8.07. The Balaban J connectivity index is 0.00000131. The smallest absolute Gasteiger partial charge is 0.243 e. The average molecular weight is 412 g/mol. The van der Waals surface area contributed by atoms with Crippen LogP contribution in [0, 0.1) is 0 Å². The van der Waals surface area contributed by atoms with Crippen molar-refractivity contribution in [3.8, 4) is 11.4 Å². The zero-order chi connectivity index (χ0) is 17.1. The maximum absolute atomic E-state index is 12.4. The number of carbonyl (C=O) groups is 1. The van der Waals surface area contributed by atoms with Gasteiger partial charge in [-0.05, 0) is 12.1 Å². The van der Waals surface area contributed by atoms with Crippen LogP contribution in [0.4, 0.5) is 0 Å². The van der Waals surface area contributed by atoms with E-state index in [1.54, 1.807) is 18.7 Å². The summed E-state index contributed by atoms with van der Waals surface area (Å²) in [5.41, 5.74) is 2.57. The number of nitrogens with zero attached hydrogens (tertiary/aromatic N) is 4. The zero-order valence-electron chi connectivity index (χ0n) is 14.2. The van der Waals surface area contributed by atoms with E-state index in [-0.39, 0.29) is 30.7 Å². The Morgan fingerprint density at radius 1 is 1.37 bits per heavy atom. The Morgan fingerprint density at radius 3 is 3.07 bits per heavy atom. The summed E-state index contributed by atoms with van der Waals surface area (Å²) < 4.78 is 5.22. The van der Waals surface area contributed by atoms with Crippen LogP contribution in [0.15, 0.2) is 35.4 Å². The molecule has 0 radical (unpaired) electrons. The van der Waals surface area contributed by atoms with Gasteiger partial charge in [-0.3, -0.25) is 9.78 Å². The van der Waals surface area contributed by atoms with Crippen molar-refractivity contribution in [1.82, 2.24) is 35.7 Å². The third-order valence-corrected chi connectivity index (χ3v) is 4.04. The van der Waals surface area contributed by atoms with E-state index < -0.39 is 6.04 Å². The SMILES string of the molecule is Cl.Cl.O=C(NCCc1nc(-c2cccnc2)no1)C1NCCc2[nH]cnc21. The molecule has 1 unspecified atom stereocenters. The molecule has 144 valence electrons. The predicted molar refractivity (Wildman–Crippen MR) is 102 cm³/mol. The average Bonchev–Trinajstić information content (AvgIpc) is 3.31. The van der Waals surface area contributed by atoms with Crippen LogP contribution in [-0.4, -0.2) is 44.1 Å². The van der Waals surface area contributed by atoms with Crippen molar-refractivity contribution >= 4 is 30.7 Å². The fourth-order valence-electron chi connectivity index (χ4n) is 2.80. The topological polar surface area (TPSA) is 122 Å². The van der Waals surface area contributed by atoms with Gasteiger partial charge in [0.05, 0.1) is 12.0 Å². The maximum atomic E-state index is 12.4. The second kappa shape index (κ2) is 9.45. The molecule has 1 atom stereocenters. The Bertz CT molecular complexity index is 869. The third kappa shape index (κ3) is 4.62. The highest BCUT2D eigenvalue weighted by Crippen LogP contribution is 2.19. The molecule has 11 heteroatoms. The summed E-state index contributed by atoms with van der Waals surface area (Å²) in [5, 5.41) is 10.00. The molecule has 3 aromatic heterocycles. The standard InChI is InChI=1S/C16H17N7O2.2ClH/c24-16(14-13-11(3-6-18-14)20-9-21-13)19-7-4-12-22-15(23-25-12)10-2-1-5-17-8-10;;/h1-2,5,8-9,14,18H,3-4,6-7H2,(H,19,24)(H,20,21);2*1H. The summed E-state index contributed by atoms with van der Waals surface area (Å²) >= 11 is 0. The van der Waals surface area contributed by atoms with Crippen LogP contribution in [0.5, 0.6) is 0 Å². The van der Waals surface area contributed by atoms with Crippen molar-refractivity contribution in [3.05, 3.63) is 48.1 Å². The number of hydrogen-bond acceptors (Lipinski definition) is 7. The van der Waals surface area contributed by atoms with Gasteiger partial charge in [-0.1, -0.05) is 5.16 Å². The van der Waals surface area contributed by atoms with Crippen molar-refractivity contribution in [3.63, 3.8) is 0 Å². The van der Waals surface area contributed by atoms with Gasteiger partial charge < -0.3 is 20.1 Å². The molecular formula is C16H19Cl2N7O2. The van der Waals surface area contributed by atoms with Crippen LogP contribution < -0.4 is 10.6 Å². The van der Waals surface area contributed by atoms with Gasteiger partial charge in [-0.15, -0.1) is 24.8 Å². The monoisotopic (exact) mass is 411 g/mol. The van der Waals surface area contributed by atoms with Crippen molar-refractivity contribution in [1.29, 1.82) is 0 Å². The number of pyridine rings is 1. The normalized spacial score (nSPS) is 15.2. The van der Waals surface area contributed by atoms with E-state index in [1.165, 1.54) is 0 Å². The number of halogens is 2. The van der Waals surface area contributed by atoms with Crippen molar-refractivity contribution in [2.24, 2.45) is 0 Å². The second-order valence-corrected chi connectivity index (χ2v) is 5.70. The lowest BCUT2D eigenvalue weighted by molar-refractivity contribution is -0.123. The van der Waals surface area contributed by atoms with E-state index in [1.807, 2.05) is 12.1 Å². The fraction of sp³-hybridized carbons (Fsp3) is 0.312. The minimum atomic E-state index is -0.427. The van der Waals surface area contributed by atoms with E-state index in [9.17, 15) is 4.79 Å². The Labute approximate surface area is 167 Å². The lowest BCUT2D eigenvalue weighted by Gasteiger charge is -2.21. The van der Waals surface area contributed by atoms with E-state index in [2.05, 4.69) is 35.7 Å². The molecule has 0 fully saturated rings. The number of H-pyrrole nitrogens is 1. The lowest BCUT2D eigenvalue weighted by Crippen LogP contribution is -2.42. The van der Waals surface area contributed by atoms with Gasteiger partial charge in [0.25, 0.3) is 0 Å². The lowest BCUT2D eigenvalue weighted by atomic mass is 10.1. The number of amides is 1. The van der Waals surface area contributed by atoms with Crippen LogP contribution in [0.1, 0.15) is 23.3 Å². The van der Waals surface area contributed by atoms with Gasteiger partial charge in [-0.25, -0.2) is 4.98 Å². The van der Waals surface area contributed by atoms with Crippen LogP contribution in [0.25, 0.3) is 11.4 Å². The summed E-state index contributed by atoms with van der Waals surface area (Å²) in [7, 11) is 0. The zero-order valence-corrected chi connectivity index (χ0v) is 15.8. The predicted octanol–water partition coefficient (Wildman–Crippen LogP) is 1.24. The highest BCUT2D eigenvalue weighted by Gasteiger charge is 2.28. The number of nitrogens with one attached hydrogen (secondary N) is 3. The highest BCUT2D eigenvalue weighted by molar-refractivity contribution is 5.85. The van der Waals surface area contributed by atoms with Crippen molar-refractivity contribution in [2.75, 3.05) is 13.1 Å². The van der Waals surface area contributed by atoms with Gasteiger partial charge >= 0.3 is 0 Å². The maximum Gasteiger partial charge on any atom is 0.243 e. The first kappa shape index (κ1) is 20.8. The highest BCUT2D eigenvalue weighted by atomic mass is 35.5. The molecule has 1 amide bonds. The van der Waals surface area contributed by atoms with Gasteiger partial charge in [0, 0.05) is 49.6 Å². The summed E-state index contributed by atoms with van der Waals surface area (Å²) in [5.74, 6) is 0.848. The number of aromatic nitrogens is 5. The molecule has 0 aromatic carbocycles. The Kier molecular flexibility index (Phi) is 7.28. The van der Waals surface area contributed by atoms with Gasteiger partial charge in [0.2, 0.25) is 17.6 Å². The minimum absolute atomic E-state index is 0. The summed E-state index contributed by atoms with van der Waals surface area (Å²) in [4.78, 5) is 28.0. The molecule has 0 bridgehead atoms. The largest absolute Gasteiger partial charge is 0.354 e. The molecule has 0 spiro atoms. The molecule has 1 aliphatic heterocycles. The van der Waals surface area contributed by atoms with Gasteiger partial charge in [0.1, 0.15) is 6.04 Å². The van der Waals surface area contributed by atoms with Gasteiger partial charge in [0.15, 0.2) is 0 Å². The van der Waals surface area contributed by atoms with E-state index in [0.29, 0.717) is 24.7 Å². The molecule has 3 aromatic rings. The van der Waals surface area contributed by atoms with Crippen molar-refractivity contribution < 1.29 is 9.32 Å². The fourth-order valence-corrected chi connectivity index (χ4v) is 2.80. The Morgan fingerprint density at radius 2 is 2.26 bits per heavy atom.